The summed E-state index contributed by atoms with van der Waals surface area (Å²) in [5.41, 5.74) is 2.75. The summed E-state index contributed by atoms with van der Waals surface area (Å²) in [7, 11) is 3.55. The maximum Gasteiger partial charge on any atom is 0.279 e. The topological polar surface area (TPSA) is 43.6 Å². The number of hydrogen-bond donors (Lipinski definition) is 0. The Balaban J connectivity index is 2.07. The van der Waals surface area contributed by atoms with Crippen molar-refractivity contribution in [3.8, 4) is 5.75 Å². The zero-order valence-electron chi connectivity index (χ0n) is 12.7. The third kappa shape index (κ3) is 2.67. The van der Waals surface area contributed by atoms with Gasteiger partial charge in [-0.1, -0.05) is 29.0 Å². The Morgan fingerprint density at radius 1 is 1.18 bits per heavy atom. The number of rotatable bonds is 2. The summed E-state index contributed by atoms with van der Waals surface area (Å²) in [5, 5.41) is 0. The van der Waals surface area contributed by atoms with E-state index < -0.39 is 0 Å². The van der Waals surface area contributed by atoms with Crippen molar-refractivity contribution in [3.63, 3.8) is 0 Å². The van der Waals surface area contributed by atoms with Gasteiger partial charge in [0.15, 0.2) is 4.80 Å². The number of ether oxygens (including phenoxy) is 1. The van der Waals surface area contributed by atoms with Crippen LogP contribution in [0.15, 0.2) is 47.5 Å². The van der Waals surface area contributed by atoms with Crippen LogP contribution in [0.25, 0.3) is 10.2 Å². The van der Waals surface area contributed by atoms with Crippen LogP contribution in [0.5, 0.6) is 5.75 Å². The summed E-state index contributed by atoms with van der Waals surface area (Å²) in [5.74, 6) is 0.569. The van der Waals surface area contributed by atoms with E-state index in [-0.39, 0.29) is 5.91 Å². The number of hydrogen-bond acceptors (Lipinski definition) is 3. The van der Waals surface area contributed by atoms with Gasteiger partial charge in [-0.05, 0) is 37.3 Å². The zero-order chi connectivity index (χ0) is 15.7. The molecule has 0 N–H and O–H groups in total. The van der Waals surface area contributed by atoms with Gasteiger partial charge < -0.3 is 9.30 Å². The molecule has 0 saturated heterocycles. The number of nitrogens with zero attached hydrogens (tertiary/aromatic N) is 2. The smallest absolute Gasteiger partial charge is 0.279 e. The number of fused-ring (bicyclic) bond motifs is 1. The molecule has 22 heavy (non-hydrogen) atoms. The lowest BCUT2D eigenvalue weighted by molar-refractivity contribution is 0.0998. The van der Waals surface area contributed by atoms with Crippen LogP contribution in [0.1, 0.15) is 15.9 Å². The van der Waals surface area contributed by atoms with Gasteiger partial charge >= 0.3 is 0 Å². The van der Waals surface area contributed by atoms with Crippen LogP contribution in [0, 0.1) is 6.92 Å². The van der Waals surface area contributed by atoms with Crippen LogP contribution in [0.3, 0.4) is 0 Å². The van der Waals surface area contributed by atoms with Gasteiger partial charge in [0.25, 0.3) is 5.91 Å². The van der Waals surface area contributed by atoms with Gasteiger partial charge in [0.05, 0.1) is 17.3 Å². The fourth-order valence-corrected chi connectivity index (χ4v) is 3.24. The molecule has 0 aliphatic carbocycles. The van der Waals surface area contributed by atoms with E-state index in [0.29, 0.717) is 10.4 Å². The lowest BCUT2D eigenvalue weighted by Gasteiger charge is -1.99. The number of thiazole rings is 1. The van der Waals surface area contributed by atoms with Crippen molar-refractivity contribution >= 4 is 27.5 Å². The van der Waals surface area contributed by atoms with Crippen molar-refractivity contribution in [1.82, 2.24) is 4.57 Å². The molecule has 0 spiro atoms. The van der Waals surface area contributed by atoms with Crippen LogP contribution < -0.4 is 9.54 Å². The highest BCUT2D eigenvalue weighted by atomic mass is 32.1. The van der Waals surface area contributed by atoms with E-state index in [1.165, 1.54) is 11.3 Å². The molecule has 1 aromatic heterocycles. The van der Waals surface area contributed by atoms with Gasteiger partial charge in [-0.25, -0.2) is 0 Å². The maximum absolute atomic E-state index is 12.3. The molecule has 3 aromatic rings. The van der Waals surface area contributed by atoms with Crippen LogP contribution in [-0.2, 0) is 7.05 Å². The average molecular weight is 312 g/mol. The zero-order valence-corrected chi connectivity index (χ0v) is 13.5. The van der Waals surface area contributed by atoms with Gasteiger partial charge in [-0.2, -0.15) is 4.99 Å². The second-order valence-corrected chi connectivity index (χ2v) is 6.07. The number of amides is 1. The van der Waals surface area contributed by atoms with E-state index in [9.17, 15) is 4.79 Å². The molecule has 1 heterocycles. The molecule has 0 bridgehead atoms. The van der Waals surface area contributed by atoms with Crippen molar-refractivity contribution in [2.45, 2.75) is 6.92 Å². The Morgan fingerprint density at radius 2 is 1.91 bits per heavy atom. The van der Waals surface area contributed by atoms with Crippen LogP contribution >= 0.6 is 11.3 Å². The SMILES string of the molecule is COc1ccc2c(c1)sc(=NC(=O)c1ccc(C)cc1)n2C. The molecule has 5 heteroatoms. The molecule has 3 rings (SSSR count). The molecular formula is C17H16N2O2S. The molecule has 0 saturated carbocycles. The Morgan fingerprint density at radius 3 is 2.59 bits per heavy atom. The van der Waals surface area contributed by atoms with Gasteiger partial charge in [0.1, 0.15) is 5.75 Å². The maximum atomic E-state index is 12.3. The lowest BCUT2D eigenvalue weighted by atomic mass is 10.1. The summed E-state index contributed by atoms with van der Waals surface area (Å²) < 4.78 is 8.19. The Kier molecular flexibility index (Phi) is 3.81. The van der Waals surface area contributed by atoms with E-state index in [0.717, 1.165) is 21.5 Å². The first kappa shape index (κ1) is 14.5. The molecule has 2 aromatic carbocycles. The third-order valence-corrected chi connectivity index (χ3v) is 4.61. The monoisotopic (exact) mass is 312 g/mol. The van der Waals surface area contributed by atoms with Gasteiger partial charge in [0.2, 0.25) is 0 Å². The van der Waals surface area contributed by atoms with Crippen LogP contribution in [-0.4, -0.2) is 17.6 Å². The summed E-state index contributed by atoms with van der Waals surface area (Å²) in [6.07, 6.45) is 0. The number of aryl methyl sites for hydroxylation is 2. The van der Waals surface area contributed by atoms with Crippen LogP contribution in [0.2, 0.25) is 0 Å². The Hall–Kier alpha value is -2.40. The molecule has 4 nitrogen and oxygen atoms in total. The minimum atomic E-state index is -0.228. The highest BCUT2D eigenvalue weighted by Crippen LogP contribution is 2.22. The number of methoxy groups -OCH3 is 1. The summed E-state index contributed by atoms with van der Waals surface area (Å²) in [4.78, 5) is 17.2. The first-order valence-corrected chi connectivity index (χ1v) is 7.69. The second kappa shape index (κ2) is 5.77. The number of carbonyl (C=O) groups excluding carboxylic acids is 1. The van der Waals surface area contributed by atoms with E-state index in [1.807, 2.05) is 48.9 Å². The fourth-order valence-electron chi connectivity index (χ4n) is 2.20. The Bertz CT molecular complexity index is 905. The molecule has 0 fully saturated rings. The van der Waals surface area contributed by atoms with Crippen molar-refractivity contribution < 1.29 is 9.53 Å². The molecule has 0 aliphatic rings. The van der Waals surface area contributed by atoms with E-state index in [1.54, 1.807) is 19.2 Å². The molecule has 0 radical (unpaired) electrons. The first-order chi connectivity index (χ1) is 10.6. The third-order valence-electron chi connectivity index (χ3n) is 3.51. The Labute approximate surface area is 132 Å². The summed E-state index contributed by atoms with van der Waals surface area (Å²) in [6, 6.07) is 13.3. The predicted octanol–water partition coefficient (Wildman–Crippen LogP) is 3.30. The van der Waals surface area contributed by atoms with Crippen LogP contribution in [0.4, 0.5) is 0 Å². The van der Waals surface area contributed by atoms with Crippen molar-refractivity contribution in [1.29, 1.82) is 0 Å². The standard InChI is InChI=1S/C17H16N2O2S/c1-11-4-6-12(7-5-11)16(20)18-17-19(2)14-9-8-13(21-3)10-15(14)22-17/h4-10H,1-3H3. The number of aromatic nitrogens is 1. The summed E-state index contributed by atoms with van der Waals surface area (Å²) >= 11 is 1.48. The average Bonchev–Trinajstić information content (AvgIpc) is 2.83. The quantitative estimate of drug-likeness (QED) is 0.729. The molecular weight excluding hydrogens is 296 g/mol. The van der Waals surface area contributed by atoms with Gasteiger partial charge in [0, 0.05) is 12.6 Å². The van der Waals surface area contributed by atoms with Crippen molar-refractivity contribution in [3.05, 3.63) is 58.4 Å². The minimum Gasteiger partial charge on any atom is -0.497 e. The highest BCUT2D eigenvalue weighted by molar-refractivity contribution is 7.16. The van der Waals surface area contributed by atoms with Crippen molar-refractivity contribution in [2.75, 3.05) is 7.11 Å². The fraction of sp³-hybridized carbons (Fsp3) is 0.176. The summed E-state index contributed by atoms with van der Waals surface area (Å²) in [6.45, 7) is 1.99. The first-order valence-electron chi connectivity index (χ1n) is 6.88. The predicted molar refractivity (Wildman–Crippen MR) is 88.4 cm³/mol. The molecule has 1 amide bonds. The number of carbonyl (C=O) groups is 1. The van der Waals surface area contributed by atoms with E-state index in [2.05, 4.69) is 4.99 Å². The number of benzene rings is 2. The van der Waals surface area contributed by atoms with Gasteiger partial charge in [-0.3, -0.25) is 4.79 Å². The molecule has 0 unspecified atom stereocenters. The van der Waals surface area contributed by atoms with E-state index >= 15 is 0 Å². The van der Waals surface area contributed by atoms with Crippen molar-refractivity contribution in [2.24, 2.45) is 12.0 Å². The largest absolute Gasteiger partial charge is 0.497 e. The molecule has 0 atom stereocenters. The highest BCUT2D eigenvalue weighted by Gasteiger charge is 2.07. The van der Waals surface area contributed by atoms with Gasteiger partial charge in [-0.15, -0.1) is 0 Å². The molecule has 0 aliphatic heterocycles. The lowest BCUT2D eigenvalue weighted by Crippen LogP contribution is -2.13. The minimum absolute atomic E-state index is 0.228. The van der Waals surface area contributed by atoms with E-state index in [4.69, 9.17) is 4.74 Å². The second-order valence-electron chi connectivity index (χ2n) is 5.06. The molecule has 112 valence electrons. The normalized spacial score (nSPS) is 11.9.